The Hall–Kier alpha value is -3.13. The Bertz CT molecular complexity index is 1790. The monoisotopic (exact) mass is 576 g/mol. The summed E-state index contributed by atoms with van der Waals surface area (Å²) in [4.78, 5) is 19.6. The standard InChI is InChI=1S/C28H18BrClN2O3S/c29-20-11-15(12-22-26(20)35-14-34-22)13-23-27(33)32-25(18-7-3-4-8-21(18)30)19-10-9-16-5-1-2-6-17(16)24(19)31-28(32)36-23/h1-8,11-13,25H,9-10,14H2/b23-13+. The van der Waals surface area contributed by atoms with Gasteiger partial charge in [0.2, 0.25) is 6.79 Å². The number of halogens is 2. The largest absolute Gasteiger partial charge is 0.454 e. The lowest BCUT2D eigenvalue weighted by Crippen LogP contribution is -2.38. The van der Waals surface area contributed by atoms with Crippen molar-refractivity contribution in [3.63, 3.8) is 0 Å². The Morgan fingerprint density at radius 2 is 1.92 bits per heavy atom. The summed E-state index contributed by atoms with van der Waals surface area (Å²) in [7, 11) is 0. The van der Waals surface area contributed by atoms with Crippen LogP contribution < -0.4 is 24.4 Å². The van der Waals surface area contributed by atoms with E-state index in [1.165, 1.54) is 16.9 Å². The second-order valence-corrected chi connectivity index (χ2v) is 11.1. The van der Waals surface area contributed by atoms with E-state index in [2.05, 4.69) is 34.1 Å². The highest BCUT2D eigenvalue weighted by Gasteiger charge is 2.33. The van der Waals surface area contributed by atoms with Crippen LogP contribution in [0.1, 0.15) is 34.7 Å². The number of aromatic nitrogens is 1. The third-order valence-corrected chi connectivity index (χ3v) is 8.74. The van der Waals surface area contributed by atoms with Gasteiger partial charge in [0.25, 0.3) is 5.56 Å². The van der Waals surface area contributed by atoms with E-state index in [4.69, 9.17) is 26.1 Å². The first kappa shape index (κ1) is 22.1. The summed E-state index contributed by atoms with van der Waals surface area (Å²) in [5, 5.41) is 0.643. The molecule has 0 bridgehead atoms. The van der Waals surface area contributed by atoms with E-state index in [0.717, 1.165) is 45.3 Å². The number of nitrogens with zero attached hydrogens (tertiary/aromatic N) is 2. The number of thiazole rings is 1. The summed E-state index contributed by atoms with van der Waals surface area (Å²) in [6.45, 7) is 0.185. The molecule has 178 valence electrons. The fourth-order valence-electron chi connectivity index (χ4n) is 5.22. The molecule has 5 nitrogen and oxygen atoms in total. The minimum atomic E-state index is -0.302. The van der Waals surface area contributed by atoms with Crippen LogP contribution in [0.2, 0.25) is 5.02 Å². The molecule has 0 N–H and O–H groups in total. The lowest BCUT2D eigenvalue weighted by Gasteiger charge is -2.31. The van der Waals surface area contributed by atoms with Gasteiger partial charge in [0.1, 0.15) is 0 Å². The van der Waals surface area contributed by atoms with Crippen molar-refractivity contribution >= 4 is 50.6 Å². The van der Waals surface area contributed by atoms with Crippen molar-refractivity contribution in [3.8, 4) is 11.5 Å². The molecule has 36 heavy (non-hydrogen) atoms. The molecule has 1 aliphatic carbocycles. The van der Waals surface area contributed by atoms with E-state index in [9.17, 15) is 4.79 Å². The predicted molar refractivity (Wildman–Crippen MR) is 144 cm³/mol. The van der Waals surface area contributed by atoms with Crippen molar-refractivity contribution in [2.45, 2.75) is 18.9 Å². The maximum absolute atomic E-state index is 13.9. The number of fused-ring (bicyclic) bond motifs is 4. The van der Waals surface area contributed by atoms with E-state index in [-0.39, 0.29) is 18.4 Å². The molecular weight excluding hydrogens is 560 g/mol. The quantitative estimate of drug-likeness (QED) is 0.318. The average molecular weight is 578 g/mol. The summed E-state index contributed by atoms with van der Waals surface area (Å²) in [6, 6.07) is 19.7. The molecule has 7 rings (SSSR count). The number of ether oxygens (including phenoxy) is 2. The number of allylic oxidation sites excluding steroid dienone is 1. The van der Waals surface area contributed by atoms with Gasteiger partial charge < -0.3 is 9.47 Å². The highest BCUT2D eigenvalue weighted by atomic mass is 79.9. The van der Waals surface area contributed by atoms with Crippen molar-refractivity contribution < 1.29 is 9.47 Å². The molecule has 4 aromatic rings. The molecule has 0 saturated heterocycles. The topological polar surface area (TPSA) is 52.8 Å². The molecule has 0 saturated carbocycles. The molecule has 3 heterocycles. The number of rotatable bonds is 2. The first-order valence-electron chi connectivity index (χ1n) is 11.5. The van der Waals surface area contributed by atoms with Gasteiger partial charge in [-0.15, -0.1) is 0 Å². The summed E-state index contributed by atoms with van der Waals surface area (Å²) in [6.07, 6.45) is 3.61. The predicted octanol–water partition coefficient (Wildman–Crippen LogP) is 5.46. The van der Waals surface area contributed by atoms with Gasteiger partial charge in [0.15, 0.2) is 16.3 Å². The van der Waals surface area contributed by atoms with Crippen LogP contribution in [0.15, 0.2) is 80.5 Å². The fraction of sp³-hybridized carbons (Fsp3) is 0.143. The molecule has 3 aromatic carbocycles. The Morgan fingerprint density at radius 3 is 2.81 bits per heavy atom. The molecule has 0 spiro atoms. The highest BCUT2D eigenvalue weighted by molar-refractivity contribution is 9.10. The number of hydrogen-bond acceptors (Lipinski definition) is 5. The average Bonchev–Trinajstić information content (AvgIpc) is 3.48. The van der Waals surface area contributed by atoms with E-state index >= 15 is 0 Å². The lowest BCUT2D eigenvalue weighted by atomic mass is 9.83. The van der Waals surface area contributed by atoms with Crippen molar-refractivity contribution in [1.29, 1.82) is 0 Å². The Labute approximate surface area is 223 Å². The van der Waals surface area contributed by atoms with E-state index < -0.39 is 0 Å². The number of hydrogen-bond donors (Lipinski definition) is 0. The fourth-order valence-corrected chi connectivity index (χ4v) is 7.03. The van der Waals surface area contributed by atoms with Crippen LogP contribution in [0.25, 0.3) is 11.8 Å². The second-order valence-electron chi connectivity index (χ2n) is 8.87. The lowest BCUT2D eigenvalue weighted by molar-refractivity contribution is 0.173. The van der Waals surface area contributed by atoms with Gasteiger partial charge in [-0.05, 0) is 75.3 Å². The number of aryl methyl sites for hydroxylation is 1. The summed E-state index contributed by atoms with van der Waals surface area (Å²) in [5.74, 6) is 1.34. The molecule has 0 amide bonds. The molecule has 2 aliphatic heterocycles. The van der Waals surface area contributed by atoms with E-state index in [1.54, 1.807) is 0 Å². The Balaban J connectivity index is 1.48. The molecule has 1 atom stereocenters. The molecule has 3 aliphatic rings. The van der Waals surface area contributed by atoms with Gasteiger partial charge >= 0.3 is 0 Å². The normalized spacial score (nSPS) is 17.9. The van der Waals surface area contributed by atoms with Gasteiger partial charge in [-0.1, -0.05) is 65.4 Å². The van der Waals surface area contributed by atoms with Crippen LogP contribution in [0, 0.1) is 0 Å². The van der Waals surface area contributed by atoms with Crippen LogP contribution >= 0.6 is 38.9 Å². The first-order chi connectivity index (χ1) is 17.6. The second kappa shape index (κ2) is 8.47. The van der Waals surface area contributed by atoms with Crippen LogP contribution in [-0.4, -0.2) is 11.4 Å². The summed E-state index contributed by atoms with van der Waals surface area (Å²) in [5.41, 5.74) is 6.18. The minimum absolute atomic E-state index is 0.0807. The van der Waals surface area contributed by atoms with Crippen LogP contribution in [0.3, 0.4) is 0 Å². The third-order valence-electron chi connectivity index (χ3n) is 6.82. The molecule has 8 heteroatoms. The molecule has 1 unspecified atom stereocenters. The van der Waals surface area contributed by atoms with Crippen molar-refractivity contribution in [2.75, 3.05) is 6.79 Å². The zero-order valence-corrected chi connectivity index (χ0v) is 22.0. The van der Waals surface area contributed by atoms with Gasteiger partial charge in [0, 0.05) is 10.6 Å². The van der Waals surface area contributed by atoms with Crippen LogP contribution in [0.5, 0.6) is 11.5 Å². The smallest absolute Gasteiger partial charge is 0.271 e. The number of benzene rings is 3. The first-order valence-corrected chi connectivity index (χ1v) is 13.5. The molecule has 0 radical (unpaired) electrons. The maximum Gasteiger partial charge on any atom is 0.271 e. The highest BCUT2D eigenvalue weighted by Crippen LogP contribution is 2.43. The third kappa shape index (κ3) is 3.41. The van der Waals surface area contributed by atoms with Crippen LogP contribution in [-0.2, 0) is 6.42 Å². The van der Waals surface area contributed by atoms with E-state index in [0.29, 0.717) is 25.9 Å². The van der Waals surface area contributed by atoms with Crippen molar-refractivity contribution in [1.82, 2.24) is 4.57 Å². The van der Waals surface area contributed by atoms with Crippen molar-refractivity contribution in [3.05, 3.63) is 118 Å². The maximum atomic E-state index is 13.9. The van der Waals surface area contributed by atoms with Gasteiger partial charge in [-0.3, -0.25) is 9.36 Å². The van der Waals surface area contributed by atoms with Gasteiger partial charge in [-0.25, -0.2) is 4.99 Å². The molecule has 1 aromatic heterocycles. The Morgan fingerprint density at radius 1 is 1.08 bits per heavy atom. The minimum Gasteiger partial charge on any atom is -0.454 e. The van der Waals surface area contributed by atoms with Crippen molar-refractivity contribution in [2.24, 2.45) is 4.99 Å². The zero-order valence-electron chi connectivity index (χ0n) is 18.8. The SMILES string of the molecule is O=c1/c(=C\c2cc(Br)c3c(c2)OCO3)sc2n1C(c1ccccc1Cl)C1=C(N=2)c2ccccc2CC1. The zero-order chi connectivity index (χ0) is 24.4. The van der Waals surface area contributed by atoms with Gasteiger partial charge in [-0.2, -0.15) is 0 Å². The van der Waals surface area contributed by atoms with Crippen LogP contribution in [0.4, 0.5) is 0 Å². The molecule has 0 fully saturated rings. The Kier molecular flexibility index (Phi) is 5.20. The van der Waals surface area contributed by atoms with E-state index in [1.807, 2.05) is 53.1 Å². The summed E-state index contributed by atoms with van der Waals surface area (Å²) >= 11 is 11.7. The molecular formula is C28H18BrClN2O3S. The summed E-state index contributed by atoms with van der Waals surface area (Å²) < 4.78 is 14.3. The van der Waals surface area contributed by atoms with Gasteiger partial charge in [0.05, 0.1) is 20.7 Å².